The Morgan fingerprint density at radius 2 is 1.91 bits per heavy atom. The molecule has 0 bridgehead atoms. The van der Waals surface area contributed by atoms with Crippen LogP contribution in [0.1, 0.15) is 38.8 Å². The first-order valence-corrected chi connectivity index (χ1v) is 11.5. The topological polar surface area (TPSA) is 80.2 Å². The van der Waals surface area contributed by atoms with Crippen LogP contribution in [0.5, 0.6) is 0 Å². The number of esters is 1. The van der Waals surface area contributed by atoms with Crippen LogP contribution in [0.25, 0.3) is 21.9 Å². The van der Waals surface area contributed by atoms with Crippen molar-refractivity contribution in [2.24, 2.45) is 11.8 Å². The number of aromatic amines is 1. The Labute approximate surface area is 192 Å². The van der Waals surface area contributed by atoms with Crippen molar-refractivity contribution < 1.29 is 14.3 Å². The van der Waals surface area contributed by atoms with Crippen LogP contribution < -0.4 is 4.90 Å². The Kier molecular flexibility index (Phi) is 5.40. The van der Waals surface area contributed by atoms with E-state index in [-0.39, 0.29) is 12.5 Å². The summed E-state index contributed by atoms with van der Waals surface area (Å²) in [6.07, 6.45) is 2.71. The SMILES string of the molecule is CCOC(=O)[C@@H]1C(=O)N(CCC(C)C)c2nc3ccccc3n2[C@@H]1c1c[nH]c2ccccc12. The number of anilines is 1. The molecule has 0 saturated heterocycles. The summed E-state index contributed by atoms with van der Waals surface area (Å²) in [4.78, 5) is 37.0. The van der Waals surface area contributed by atoms with Crippen molar-refractivity contribution in [1.29, 1.82) is 0 Å². The van der Waals surface area contributed by atoms with Gasteiger partial charge in [0, 0.05) is 29.2 Å². The molecule has 2 aromatic carbocycles. The molecule has 1 amide bonds. The third kappa shape index (κ3) is 3.48. The molecule has 7 heteroatoms. The fourth-order valence-electron chi connectivity index (χ4n) is 4.76. The number of hydrogen-bond donors (Lipinski definition) is 1. The minimum absolute atomic E-state index is 0.215. The third-order valence-corrected chi connectivity index (χ3v) is 6.36. The van der Waals surface area contributed by atoms with Crippen LogP contribution in [0, 0.1) is 11.8 Å². The zero-order valence-electron chi connectivity index (χ0n) is 19.1. The van der Waals surface area contributed by atoms with Crippen LogP contribution >= 0.6 is 0 Å². The van der Waals surface area contributed by atoms with Crippen molar-refractivity contribution in [3.63, 3.8) is 0 Å². The van der Waals surface area contributed by atoms with Crippen LogP contribution in [-0.2, 0) is 14.3 Å². The standard InChI is InChI=1S/C26H28N4O3/c1-4-33-25(32)22-23(18-15-27-19-10-6-5-9-17(18)19)30-21-12-8-7-11-20(21)28-26(30)29(24(22)31)14-13-16(2)3/h5-12,15-16,22-23,27H,4,13-14H2,1-3H3/t22-,23+/m0/s1. The highest BCUT2D eigenvalue weighted by Crippen LogP contribution is 2.43. The molecule has 0 spiro atoms. The largest absolute Gasteiger partial charge is 0.465 e. The number of ether oxygens (including phenoxy) is 1. The Morgan fingerprint density at radius 1 is 1.15 bits per heavy atom. The van der Waals surface area contributed by atoms with Crippen molar-refractivity contribution in [1.82, 2.24) is 14.5 Å². The first-order chi connectivity index (χ1) is 16.0. The Morgan fingerprint density at radius 3 is 2.70 bits per heavy atom. The molecule has 0 unspecified atom stereocenters. The molecular formula is C26H28N4O3. The van der Waals surface area contributed by atoms with Crippen molar-refractivity contribution in [3.8, 4) is 0 Å². The lowest BCUT2D eigenvalue weighted by Crippen LogP contribution is -2.50. The van der Waals surface area contributed by atoms with Gasteiger partial charge in [-0.25, -0.2) is 4.98 Å². The van der Waals surface area contributed by atoms with Gasteiger partial charge in [-0.05, 0) is 37.5 Å². The number of H-pyrrole nitrogens is 1. The lowest BCUT2D eigenvalue weighted by atomic mass is 9.89. The fourth-order valence-corrected chi connectivity index (χ4v) is 4.76. The number of carbonyl (C=O) groups excluding carboxylic acids is 2. The number of carbonyl (C=O) groups is 2. The molecule has 0 fully saturated rings. The molecule has 1 N–H and O–H groups in total. The van der Waals surface area contributed by atoms with Gasteiger partial charge in [0.15, 0.2) is 5.92 Å². The highest BCUT2D eigenvalue weighted by molar-refractivity contribution is 6.09. The van der Waals surface area contributed by atoms with E-state index in [0.717, 1.165) is 33.9 Å². The summed E-state index contributed by atoms with van der Waals surface area (Å²) in [7, 11) is 0. The summed E-state index contributed by atoms with van der Waals surface area (Å²) in [5.41, 5.74) is 3.52. The van der Waals surface area contributed by atoms with E-state index >= 15 is 0 Å². The molecule has 3 heterocycles. The number of amides is 1. The van der Waals surface area contributed by atoms with E-state index in [1.807, 2.05) is 59.3 Å². The molecule has 0 saturated carbocycles. The zero-order valence-corrected chi connectivity index (χ0v) is 19.1. The van der Waals surface area contributed by atoms with Gasteiger partial charge in [0.1, 0.15) is 0 Å². The summed E-state index contributed by atoms with van der Waals surface area (Å²) in [6.45, 7) is 6.72. The Hall–Kier alpha value is -3.61. The van der Waals surface area contributed by atoms with E-state index in [2.05, 4.69) is 18.8 Å². The number of hydrogen-bond acceptors (Lipinski definition) is 4. The van der Waals surface area contributed by atoms with Gasteiger partial charge in [-0.2, -0.15) is 0 Å². The van der Waals surface area contributed by atoms with E-state index in [1.165, 1.54) is 0 Å². The number of fused-ring (bicyclic) bond motifs is 4. The Bertz CT molecular complexity index is 1340. The van der Waals surface area contributed by atoms with Crippen LogP contribution in [0.4, 0.5) is 5.95 Å². The first kappa shape index (κ1) is 21.2. The average Bonchev–Trinajstić information content (AvgIpc) is 3.39. The van der Waals surface area contributed by atoms with E-state index in [9.17, 15) is 9.59 Å². The molecule has 2 atom stereocenters. The molecule has 7 nitrogen and oxygen atoms in total. The van der Waals surface area contributed by atoms with Gasteiger partial charge in [-0.1, -0.05) is 44.2 Å². The normalized spacial score (nSPS) is 18.3. The highest BCUT2D eigenvalue weighted by Gasteiger charge is 2.48. The van der Waals surface area contributed by atoms with Gasteiger partial charge >= 0.3 is 5.97 Å². The molecule has 0 radical (unpaired) electrons. The smallest absolute Gasteiger partial charge is 0.321 e. The van der Waals surface area contributed by atoms with Crippen LogP contribution in [0.3, 0.4) is 0 Å². The van der Waals surface area contributed by atoms with Crippen LogP contribution in [-0.4, -0.2) is 39.6 Å². The first-order valence-electron chi connectivity index (χ1n) is 11.5. The predicted octanol–water partition coefficient (Wildman–Crippen LogP) is 4.68. The quantitative estimate of drug-likeness (QED) is 0.346. The molecule has 1 aliphatic rings. The molecule has 33 heavy (non-hydrogen) atoms. The second kappa shape index (κ2) is 8.39. The van der Waals surface area contributed by atoms with E-state index < -0.39 is 17.9 Å². The zero-order chi connectivity index (χ0) is 23.1. The predicted molar refractivity (Wildman–Crippen MR) is 128 cm³/mol. The monoisotopic (exact) mass is 444 g/mol. The van der Waals surface area contributed by atoms with E-state index in [4.69, 9.17) is 9.72 Å². The Balaban J connectivity index is 1.78. The lowest BCUT2D eigenvalue weighted by Gasteiger charge is -2.38. The maximum atomic E-state index is 13.9. The second-order valence-electron chi connectivity index (χ2n) is 8.91. The summed E-state index contributed by atoms with van der Waals surface area (Å²) in [6, 6.07) is 15.2. The third-order valence-electron chi connectivity index (χ3n) is 6.36. The highest BCUT2D eigenvalue weighted by atomic mass is 16.5. The summed E-state index contributed by atoms with van der Waals surface area (Å²) < 4.78 is 7.49. The summed E-state index contributed by atoms with van der Waals surface area (Å²) >= 11 is 0. The minimum atomic E-state index is -0.999. The van der Waals surface area contributed by atoms with Crippen LogP contribution in [0.2, 0.25) is 0 Å². The van der Waals surface area contributed by atoms with Gasteiger partial charge in [0.05, 0.1) is 23.7 Å². The van der Waals surface area contributed by atoms with Crippen LogP contribution in [0.15, 0.2) is 54.7 Å². The average molecular weight is 445 g/mol. The maximum Gasteiger partial charge on any atom is 0.321 e. The lowest BCUT2D eigenvalue weighted by molar-refractivity contribution is -0.153. The van der Waals surface area contributed by atoms with Crippen molar-refractivity contribution in [2.75, 3.05) is 18.1 Å². The number of rotatable bonds is 6. The molecule has 1 aliphatic heterocycles. The number of aromatic nitrogens is 3. The van der Waals surface area contributed by atoms with Gasteiger partial charge < -0.3 is 14.3 Å². The van der Waals surface area contributed by atoms with Gasteiger partial charge in [-0.3, -0.25) is 14.5 Å². The number of para-hydroxylation sites is 3. The van der Waals surface area contributed by atoms with E-state index in [1.54, 1.807) is 11.8 Å². The number of nitrogens with zero attached hydrogens (tertiary/aromatic N) is 3. The maximum absolute atomic E-state index is 13.9. The number of nitrogens with one attached hydrogen (secondary N) is 1. The van der Waals surface area contributed by atoms with Gasteiger partial charge in [0.25, 0.3) is 0 Å². The molecular weight excluding hydrogens is 416 g/mol. The van der Waals surface area contributed by atoms with Crippen molar-refractivity contribution in [2.45, 2.75) is 33.2 Å². The summed E-state index contributed by atoms with van der Waals surface area (Å²) in [5, 5.41) is 0.976. The molecule has 0 aliphatic carbocycles. The van der Waals surface area contributed by atoms with E-state index in [0.29, 0.717) is 18.4 Å². The minimum Gasteiger partial charge on any atom is -0.465 e. The summed E-state index contributed by atoms with van der Waals surface area (Å²) in [5.74, 6) is -0.773. The molecule has 5 rings (SSSR count). The molecule has 4 aromatic rings. The second-order valence-corrected chi connectivity index (χ2v) is 8.91. The number of benzene rings is 2. The molecule has 2 aromatic heterocycles. The fraction of sp³-hybridized carbons (Fsp3) is 0.346. The van der Waals surface area contributed by atoms with Crippen molar-refractivity contribution in [3.05, 3.63) is 60.3 Å². The van der Waals surface area contributed by atoms with Crippen molar-refractivity contribution >= 4 is 39.8 Å². The van der Waals surface area contributed by atoms with Gasteiger partial charge in [0.2, 0.25) is 11.9 Å². The van der Waals surface area contributed by atoms with Gasteiger partial charge in [-0.15, -0.1) is 0 Å². The number of imidazole rings is 1. The molecule has 170 valence electrons.